The predicted molar refractivity (Wildman–Crippen MR) is 90.7 cm³/mol. The van der Waals surface area contributed by atoms with Gasteiger partial charge < -0.3 is 20.9 Å². The summed E-state index contributed by atoms with van der Waals surface area (Å²) < 4.78 is 0. The van der Waals surface area contributed by atoms with Gasteiger partial charge in [0.15, 0.2) is 0 Å². The minimum absolute atomic E-state index is 0.113. The Bertz CT molecular complexity index is 469. The highest BCUT2D eigenvalue weighted by molar-refractivity contribution is 5.76. The van der Waals surface area contributed by atoms with Crippen LogP contribution < -0.4 is 11.1 Å². The Labute approximate surface area is 133 Å². The maximum Gasteiger partial charge on any atom is 0.220 e. The number of rotatable bonds is 7. The molecule has 1 saturated heterocycles. The number of carbonyl (C=O) groups excluding carboxylic acids is 1. The van der Waals surface area contributed by atoms with Crippen LogP contribution in [0.5, 0.6) is 0 Å². The van der Waals surface area contributed by atoms with Crippen LogP contribution in [-0.2, 0) is 11.2 Å². The van der Waals surface area contributed by atoms with Gasteiger partial charge in [-0.3, -0.25) is 4.79 Å². The summed E-state index contributed by atoms with van der Waals surface area (Å²) in [6.45, 7) is 6.39. The van der Waals surface area contributed by atoms with Crippen molar-refractivity contribution in [3.63, 3.8) is 0 Å². The highest BCUT2D eigenvalue weighted by atomic mass is 16.1. The Morgan fingerprint density at radius 1 is 1.23 bits per heavy atom. The second kappa shape index (κ2) is 8.76. The van der Waals surface area contributed by atoms with Gasteiger partial charge in [0.2, 0.25) is 5.91 Å². The number of anilines is 1. The molecule has 3 N–H and O–H groups in total. The molecular formula is C17H28N4O. The first-order valence-electron chi connectivity index (χ1n) is 8.16. The second-order valence-electron chi connectivity index (χ2n) is 6.05. The van der Waals surface area contributed by atoms with E-state index >= 15 is 0 Å². The summed E-state index contributed by atoms with van der Waals surface area (Å²) >= 11 is 0. The van der Waals surface area contributed by atoms with Gasteiger partial charge in [-0.15, -0.1) is 0 Å². The first-order chi connectivity index (χ1) is 10.6. The van der Waals surface area contributed by atoms with Gasteiger partial charge in [0.05, 0.1) is 0 Å². The zero-order valence-electron chi connectivity index (χ0n) is 13.6. The fourth-order valence-electron chi connectivity index (χ4n) is 2.70. The van der Waals surface area contributed by atoms with Gasteiger partial charge in [-0.05, 0) is 38.1 Å². The summed E-state index contributed by atoms with van der Waals surface area (Å²) in [7, 11) is 2.16. The minimum Gasteiger partial charge on any atom is -0.399 e. The van der Waals surface area contributed by atoms with Crippen LogP contribution >= 0.6 is 0 Å². The number of nitrogens with one attached hydrogen (secondary N) is 1. The molecule has 1 aliphatic heterocycles. The predicted octanol–water partition coefficient (Wildman–Crippen LogP) is 0.955. The van der Waals surface area contributed by atoms with Gasteiger partial charge in [-0.2, -0.15) is 0 Å². The van der Waals surface area contributed by atoms with Crippen molar-refractivity contribution in [1.29, 1.82) is 0 Å². The number of nitrogens with two attached hydrogens (primary N) is 1. The van der Waals surface area contributed by atoms with E-state index in [9.17, 15) is 4.79 Å². The second-order valence-corrected chi connectivity index (χ2v) is 6.05. The molecule has 0 atom stereocenters. The number of nitrogen functional groups attached to an aromatic ring is 1. The molecule has 0 aliphatic carbocycles. The smallest absolute Gasteiger partial charge is 0.220 e. The van der Waals surface area contributed by atoms with Crippen LogP contribution in [0.2, 0.25) is 0 Å². The van der Waals surface area contributed by atoms with E-state index in [4.69, 9.17) is 5.73 Å². The number of nitrogens with zero attached hydrogens (tertiary/aromatic N) is 2. The van der Waals surface area contributed by atoms with Crippen molar-refractivity contribution in [3.05, 3.63) is 29.8 Å². The van der Waals surface area contributed by atoms with Crippen molar-refractivity contribution in [1.82, 2.24) is 15.1 Å². The normalized spacial score (nSPS) is 16.6. The zero-order chi connectivity index (χ0) is 15.8. The van der Waals surface area contributed by atoms with Crippen LogP contribution in [0.1, 0.15) is 18.4 Å². The fraction of sp³-hybridized carbons (Fsp3) is 0.588. The van der Waals surface area contributed by atoms with Crippen LogP contribution in [0.25, 0.3) is 0 Å². The Kier molecular flexibility index (Phi) is 6.68. The molecule has 2 rings (SSSR count). The lowest BCUT2D eigenvalue weighted by molar-refractivity contribution is -0.121. The lowest BCUT2D eigenvalue weighted by Crippen LogP contribution is -2.45. The van der Waals surface area contributed by atoms with Gasteiger partial charge in [0, 0.05) is 44.8 Å². The number of hydrogen-bond donors (Lipinski definition) is 2. The number of hydrogen-bond acceptors (Lipinski definition) is 4. The van der Waals surface area contributed by atoms with Crippen molar-refractivity contribution in [2.24, 2.45) is 0 Å². The maximum atomic E-state index is 11.8. The first kappa shape index (κ1) is 16.8. The van der Waals surface area contributed by atoms with Gasteiger partial charge in [-0.1, -0.05) is 18.2 Å². The quantitative estimate of drug-likeness (QED) is 0.582. The largest absolute Gasteiger partial charge is 0.399 e. The average molecular weight is 304 g/mol. The molecule has 0 spiro atoms. The lowest BCUT2D eigenvalue weighted by Gasteiger charge is -2.32. The number of aryl methyl sites for hydroxylation is 1. The molecule has 122 valence electrons. The number of likely N-dealkylation sites (N-methyl/N-ethyl adjacent to an activating group) is 1. The number of para-hydroxylation sites is 1. The van der Waals surface area contributed by atoms with E-state index in [1.165, 1.54) is 0 Å². The van der Waals surface area contributed by atoms with Crippen molar-refractivity contribution in [2.75, 3.05) is 52.0 Å². The van der Waals surface area contributed by atoms with Crippen LogP contribution in [0.4, 0.5) is 5.69 Å². The summed E-state index contributed by atoms with van der Waals surface area (Å²) in [5, 5.41) is 3.00. The minimum atomic E-state index is 0.113. The summed E-state index contributed by atoms with van der Waals surface area (Å²) in [6.07, 6.45) is 2.22. The standard InChI is InChI=1S/C17H28N4O/c1-20-11-13-21(14-12-20)10-4-9-19-17(22)8-7-15-5-2-3-6-16(15)18/h2-3,5-6H,4,7-14,18H2,1H3,(H,19,22). The van der Waals surface area contributed by atoms with Gasteiger partial charge in [0.1, 0.15) is 0 Å². The third-order valence-corrected chi connectivity index (χ3v) is 4.25. The number of benzene rings is 1. The molecule has 1 fully saturated rings. The third kappa shape index (κ3) is 5.66. The lowest BCUT2D eigenvalue weighted by atomic mass is 10.1. The Balaban J connectivity index is 1.55. The first-order valence-corrected chi connectivity index (χ1v) is 8.16. The SMILES string of the molecule is CN1CCN(CCCNC(=O)CCc2ccccc2N)CC1. The van der Waals surface area contributed by atoms with E-state index in [0.29, 0.717) is 12.8 Å². The molecular weight excluding hydrogens is 276 g/mol. The van der Waals surface area contributed by atoms with E-state index in [0.717, 1.165) is 56.9 Å². The molecule has 5 nitrogen and oxygen atoms in total. The van der Waals surface area contributed by atoms with Gasteiger partial charge in [0.25, 0.3) is 0 Å². The molecule has 1 aromatic rings. The highest BCUT2D eigenvalue weighted by Gasteiger charge is 2.12. The van der Waals surface area contributed by atoms with Crippen LogP contribution in [-0.4, -0.2) is 62.0 Å². The van der Waals surface area contributed by atoms with E-state index in [-0.39, 0.29) is 5.91 Å². The number of piperazine rings is 1. The fourth-order valence-corrected chi connectivity index (χ4v) is 2.70. The van der Waals surface area contributed by atoms with Crippen molar-refractivity contribution >= 4 is 11.6 Å². The average Bonchev–Trinajstić information content (AvgIpc) is 2.52. The summed E-state index contributed by atoms with van der Waals surface area (Å²) in [5.41, 5.74) is 7.70. The molecule has 0 radical (unpaired) electrons. The molecule has 1 aliphatic rings. The molecule has 1 heterocycles. The summed E-state index contributed by atoms with van der Waals surface area (Å²) in [4.78, 5) is 16.7. The van der Waals surface area contributed by atoms with Gasteiger partial charge in [-0.25, -0.2) is 0 Å². The third-order valence-electron chi connectivity index (χ3n) is 4.25. The van der Waals surface area contributed by atoms with E-state index in [2.05, 4.69) is 22.2 Å². The Morgan fingerprint density at radius 2 is 1.95 bits per heavy atom. The summed E-state index contributed by atoms with van der Waals surface area (Å²) in [5.74, 6) is 0.113. The monoisotopic (exact) mass is 304 g/mol. The van der Waals surface area contributed by atoms with Crippen molar-refractivity contribution in [3.8, 4) is 0 Å². The Morgan fingerprint density at radius 3 is 2.68 bits per heavy atom. The van der Waals surface area contributed by atoms with Gasteiger partial charge >= 0.3 is 0 Å². The molecule has 5 heteroatoms. The summed E-state index contributed by atoms with van der Waals surface area (Å²) in [6, 6.07) is 7.73. The topological polar surface area (TPSA) is 61.6 Å². The van der Waals surface area contributed by atoms with E-state index in [1.54, 1.807) is 0 Å². The molecule has 0 aromatic heterocycles. The highest BCUT2D eigenvalue weighted by Crippen LogP contribution is 2.12. The molecule has 0 bridgehead atoms. The van der Waals surface area contributed by atoms with Crippen LogP contribution in [0, 0.1) is 0 Å². The molecule has 0 saturated carbocycles. The number of amides is 1. The maximum absolute atomic E-state index is 11.8. The van der Waals surface area contributed by atoms with E-state index in [1.807, 2.05) is 24.3 Å². The zero-order valence-corrected chi connectivity index (χ0v) is 13.6. The molecule has 1 amide bonds. The molecule has 0 unspecified atom stereocenters. The van der Waals surface area contributed by atoms with E-state index < -0.39 is 0 Å². The molecule has 1 aromatic carbocycles. The molecule has 22 heavy (non-hydrogen) atoms. The van der Waals surface area contributed by atoms with Crippen molar-refractivity contribution < 1.29 is 4.79 Å². The van der Waals surface area contributed by atoms with Crippen molar-refractivity contribution in [2.45, 2.75) is 19.3 Å². The van der Waals surface area contributed by atoms with Crippen LogP contribution in [0.3, 0.4) is 0 Å². The number of carbonyl (C=O) groups is 1. The van der Waals surface area contributed by atoms with Crippen LogP contribution in [0.15, 0.2) is 24.3 Å². The Hall–Kier alpha value is -1.59.